The fraction of sp³-hybridized carbons (Fsp3) is 0.318. The van der Waals surface area contributed by atoms with Gasteiger partial charge in [0.15, 0.2) is 0 Å². The second-order valence-electron chi connectivity index (χ2n) is 7.02. The van der Waals surface area contributed by atoms with Crippen molar-refractivity contribution < 1.29 is 19.8 Å². The number of nitrogens with zero attached hydrogens (tertiary/aromatic N) is 2. The molecule has 2 aromatic rings. The average Bonchev–Trinajstić information content (AvgIpc) is 3.12. The van der Waals surface area contributed by atoms with Crippen molar-refractivity contribution >= 4 is 11.9 Å². The van der Waals surface area contributed by atoms with Crippen LogP contribution < -0.4 is 0 Å². The zero-order valence-electron chi connectivity index (χ0n) is 15.6. The first-order valence-electron chi connectivity index (χ1n) is 9.40. The summed E-state index contributed by atoms with van der Waals surface area (Å²) in [5.74, 6) is -0.472. The third kappa shape index (κ3) is 4.76. The Balaban J connectivity index is 1.75. The van der Waals surface area contributed by atoms with Gasteiger partial charge in [-0.1, -0.05) is 30.4 Å². The number of aromatic nitrogens is 1. The maximum absolute atomic E-state index is 12.8. The van der Waals surface area contributed by atoms with Crippen LogP contribution in [0.1, 0.15) is 41.1 Å². The van der Waals surface area contributed by atoms with Gasteiger partial charge in [-0.25, -0.2) is 0 Å². The van der Waals surface area contributed by atoms with Crippen LogP contribution in [-0.2, 0) is 4.79 Å². The van der Waals surface area contributed by atoms with Gasteiger partial charge in [0.05, 0.1) is 5.56 Å². The summed E-state index contributed by atoms with van der Waals surface area (Å²) in [6, 6.07) is 10.7. The van der Waals surface area contributed by atoms with E-state index in [0.717, 1.165) is 12.0 Å². The number of phenols is 1. The molecule has 6 heteroatoms. The van der Waals surface area contributed by atoms with Crippen molar-refractivity contribution in [1.29, 1.82) is 0 Å². The number of rotatable bonds is 7. The van der Waals surface area contributed by atoms with E-state index >= 15 is 0 Å². The third-order valence-corrected chi connectivity index (χ3v) is 5.10. The van der Waals surface area contributed by atoms with Gasteiger partial charge in [0, 0.05) is 37.8 Å². The normalized spacial score (nSPS) is 19.2. The van der Waals surface area contributed by atoms with Gasteiger partial charge in [-0.2, -0.15) is 0 Å². The molecule has 2 atom stereocenters. The van der Waals surface area contributed by atoms with Crippen molar-refractivity contribution in [3.8, 4) is 5.75 Å². The van der Waals surface area contributed by atoms with Crippen molar-refractivity contribution in [2.24, 2.45) is 5.92 Å². The van der Waals surface area contributed by atoms with Crippen LogP contribution in [0.25, 0.3) is 0 Å². The summed E-state index contributed by atoms with van der Waals surface area (Å²) >= 11 is 0. The summed E-state index contributed by atoms with van der Waals surface area (Å²) in [6.07, 6.45) is 8.37. The maximum Gasteiger partial charge on any atom is 0.303 e. The molecule has 28 heavy (non-hydrogen) atoms. The number of para-hydroxylation sites is 1. The van der Waals surface area contributed by atoms with Gasteiger partial charge >= 0.3 is 5.97 Å². The van der Waals surface area contributed by atoms with E-state index in [1.54, 1.807) is 36.7 Å². The smallest absolute Gasteiger partial charge is 0.303 e. The van der Waals surface area contributed by atoms with E-state index in [-0.39, 0.29) is 29.9 Å². The van der Waals surface area contributed by atoms with Gasteiger partial charge in [0.2, 0.25) is 0 Å². The molecule has 1 amide bonds. The lowest BCUT2D eigenvalue weighted by molar-refractivity contribution is -0.136. The van der Waals surface area contributed by atoms with Gasteiger partial charge in [-0.15, -0.1) is 0 Å². The molecule has 2 unspecified atom stereocenters. The number of benzene rings is 1. The van der Waals surface area contributed by atoms with Gasteiger partial charge < -0.3 is 15.1 Å². The highest BCUT2D eigenvalue weighted by Crippen LogP contribution is 2.39. The van der Waals surface area contributed by atoms with Crippen molar-refractivity contribution in [3.63, 3.8) is 0 Å². The van der Waals surface area contributed by atoms with Crippen molar-refractivity contribution in [2.75, 3.05) is 13.1 Å². The summed E-state index contributed by atoms with van der Waals surface area (Å²) in [7, 11) is 0. The highest BCUT2D eigenvalue weighted by Gasteiger charge is 2.36. The second kappa shape index (κ2) is 9.17. The van der Waals surface area contributed by atoms with Crippen LogP contribution in [0.4, 0.5) is 0 Å². The van der Waals surface area contributed by atoms with Crippen LogP contribution in [0.5, 0.6) is 5.75 Å². The van der Waals surface area contributed by atoms with Gasteiger partial charge in [0.25, 0.3) is 5.91 Å². The van der Waals surface area contributed by atoms with Crippen LogP contribution in [0.2, 0.25) is 0 Å². The molecule has 1 aliphatic rings. The van der Waals surface area contributed by atoms with Crippen molar-refractivity contribution in [3.05, 3.63) is 72.1 Å². The summed E-state index contributed by atoms with van der Waals surface area (Å²) in [6.45, 7) is 1.11. The lowest BCUT2D eigenvalue weighted by Gasteiger charge is -2.18. The van der Waals surface area contributed by atoms with E-state index in [2.05, 4.69) is 4.98 Å². The Morgan fingerprint density at radius 3 is 2.68 bits per heavy atom. The monoisotopic (exact) mass is 380 g/mol. The molecule has 146 valence electrons. The molecule has 6 nitrogen and oxygen atoms in total. The number of likely N-dealkylation sites (tertiary alicyclic amines) is 1. The first kappa shape index (κ1) is 19.6. The van der Waals surface area contributed by atoms with Crippen LogP contribution in [-0.4, -0.2) is 45.1 Å². The third-order valence-electron chi connectivity index (χ3n) is 5.10. The number of carboxylic acid groups (broad SMARTS) is 1. The predicted octanol–water partition coefficient (Wildman–Crippen LogP) is 3.45. The van der Waals surface area contributed by atoms with Gasteiger partial charge in [-0.3, -0.25) is 14.6 Å². The molecule has 1 saturated heterocycles. The molecule has 3 rings (SSSR count). The second-order valence-corrected chi connectivity index (χ2v) is 7.02. The van der Waals surface area contributed by atoms with E-state index < -0.39 is 5.97 Å². The zero-order chi connectivity index (χ0) is 19.9. The highest BCUT2D eigenvalue weighted by molar-refractivity contribution is 5.94. The number of phenolic OH excluding ortho intramolecular Hbond substituents is 1. The number of carboxylic acids is 1. The Hall–Kier alpha value is -3.15. The summed E-state index contributed by atoms with van der Waals surface area (Å²) in [4.78, 5) is 29.3. The lowest BCUT2D eigenvalue weighted by Crippen LogP contribution is -2.29. The Bertz CT molecular complexity index is 851. The number of pyridine rings is 1. The molecule has 1 fully saturated rings. The molecule has 1 aromatic heterocycles. The number of amides is 1. The molecule has 1 aliphatic heterocycles. The molecule has 0 saturated carbocycles. The van der Waals surface area contributed by atoms with E-state index in [1.165, 1.54) is 0 Å². The van der Waals surface area contributed by atoms with E-state index in [0.29, 0.717) is 25.1 Å². The van der Waals surface area contributed by atoms with Gasteiger partial charge in [-0.05, 0) is 42.5 Å². The Morgan fingerprint density at radius 1 is 1.14 bits per heavy atom. The van der Waals surface area contributed by atoms with Crippen LogP contribution in [0.3, 0.4) is 0 Å². The van der Waals surface area contributed by atoms with Gasteiger partial charge in [0.1, 0.15) is 5.75 Å². The topological polar surface area (TPSA) is 90.7 Å². The fourth-order valence-electron chi connectivity index (χ4n) is 3.70. The summed E-state index contributed by atoms with van der Waals surface area (Å²) in [5.41, 5.74) is 1.39. The number of aromatic hydroxyl groups is 1. The molecule has 0 aliphatic carbocycles. The number of carbonyl (C=O) groups is 2. The molecule has 2 N–H and O–H groups in total. The van der Waals surface area contributed by atoms with E-state index in [4.69, 9.17) is 5.11 Å². The quantitative estimate of drug-likeness (QED) is 0.718. The minimum Gasteiger partial charge on any atom is -0.508 e. The lowest BCUT2D eigenvalue weighted by atomic mass is 9.86. The Morgan fingerprint density at radius 2 is 1.96 bits per heavy atom. The SMILES string of the molecule is O=C(O)CCC=CCC1CN(C(=O)c2cccnc2)CC1c1ccccc1O. The number of allylic oxidation sites excluding steroid dienone is 2. The van der Waals surface area contributed by atoms with Crippen molar-refractivity contribution in [1.82, 2.24) is 9.88 Å². The largest absolute Gasteiger partial charge is 0.508 e. The minimum absolute atomic E-state index is 0.0194. The fourth-order valence-corrected chi connectivity index (χ4v) is 3.70. The van der Waals surface area contributed by atoms with E-state index in [1.807, 2.05) is 29.2 Å². The molecular formula is C22H24N2O4. The Labute approximate surface area is 164 Å². The predicted molar refractivity (Wildman–Crippen MR) is 105 cm³/mol. The molecule has 0 spiro atoms. The van der Waals surface area contributed by atoms with E-state index in [9.17, 15) is 14.7 Å². The Kier molecular flexibility index (Phi) is 6.42. The van der Waals surface area contributed by atoms with Crippen LogP contribution in [0.15, 0.2) is 60.9 Å². The number of hydrogen-bond acceptors (Lipinski definition) is 4. The number of carbonyl (C=O) groups excluding carboxylic acids is 1. The maximum atomic E-state index is 12.8. The standard InChI is InChI=1S/C22H24N2O4/c25-20-10-5-4-9-18(20)19-15-24(22(28)16-8-6-12-23-13-16)14-17(19)7-2-1-3-11-21(26)27/h1-2,4-6,8-10,12-13,17,19,25H,3,7,11,14-15H2,(H,26,27). The molecule has 2 heterocycles. The van der Waals surface area contributed by atoms with Crippen LogP contribution in [0, 0.1) is 5.92 Å². The first-order chi connectivity index (χ1) is 13.6. The average molecular weight is 380 g/mol. The summed E-state index contributed by atoms with van der Waals surface area (Å²) in [5, 5.41) is 19.0. The molecule has 0 bridgehead atoms. The first-order valence-corrected chi connectivity index (χ1v) is 9.40. The molecule has 1 aromatic carbocycles. The summed E-state index contributed by atoms with van der Waals surface area (Å²) < 4.78 is 0. The zero-order valence-corrected chi connectivity index (χ0v) is 15.6. The van der Waals surface area contributed by atoms with Crippen LogP contribution >= 0.6 is 0 Å². The molecule has 0 radical (unpaired) electrons. The highest BCUT2D eigenvalue weighted by atomic mass is 16.4. The van der Waals surface area contributed by atoms with Crippen molar-refractivity contribution in [2.45, 2.75) is 25.2 Å². The molecular weight excluding hydrogens is 356 g/mol. The number of hydrogen-bond donors (Lipinski definition) is 2. The number of aliphatic carboxylic acids is 1. The minimum atomic E-state index is -0.814.